The number of carbonyl (C=O) groups excluding carboxylic acids is 2. The van der Waals surface area contributed by atoms with Crippen LogP contribution >= 0.6 is 11.6 Å². The topological polar surface area (TPSA) is 71.9 Å². The summed E-state index contributed by atoms with van der Waals surface area (Å²) in [6.07, 6.45) is 5.69. The number of hydrogen-bond donors (Lipinski definition) is 3. The van der Waals surface area contributed by atoms with E-state index >= 15 is 0 Å². The lowest BCUT2D eigenvalue weighted by molar-refractivity contribution is -0.885. The largest absolute Gasteiger partial charge is 0.495 e. The molecule has 6 nitrogen and oxygen atoms in total. The van der Waals surface area contributed by atoms with Gasteiger partial charge in [0.1, 0.15) is 5.75 Å². The number of likely N-dealkylation sites (N-methyl/N-ethyl adjacent to an activating group) is 1. The molecule has 0 saturated heterocycles. The molecule has 2 atom stereocenters. The van der Waals surface area contributed by atoms with Crippen molar-refractivity contribution >= 4 is 29.1 Å². The third-order valence-electron chi connectivity index (χ3n) is 4.96. The van der Waals surface area contributed by atoms with Crippen molar-refractivity contribution in [3.05, 3.63) is 23.2 Å². The number of methoxy groups -OCH3 is 1. The lowest BCUT2D eigenvalue weighted by atomic mass is 9.95. The van der Waals surface area contributed by atoms with Crippen LogP contribution in [0.15, 0.2) is 18.2 Å². The maximum atomic E-state index is 12.4. The highest BCUT2D eigenvalue weighted by Gasteiger charge is 2.26. The lowest BCUT2D eigenvalue weighted by Gasteiger charge is -2.26. The molecule has 1 aromatic rings. The number of rotatable bonds is 7. The van der Waals surface area contributed by atoms with Gasteiger partial charge in [-0.05, 0) is 38.0 Å². The third kappa shape index (κ3) is 5.88. The van der Waals surface area contributed by atoms with Crippen LogP contribution in [0.3, 0.4) is 0 Å². The maximum absolute atomic E-state index is 12.4. The van der Waals surface area contributed by atoms with Gasteiger partial charge in [0.05, 0.1) is 19.8 Å². The Morgan fingerprint density at radius 2 is 2.00 bits per heavy atom. The van der Waals surface area contributed by atoms with E-state index in [0.29, 0.717) is 16.5 Å². The lowest BCUT2D eigenvalue weighted by Crippen LogP contribution is -3.15. The summed E-state index contributed by atoms with van der Waals surface area (Å²) in [6, 6.07) is 5.02. The number of anilines is 1. The molecule has 1 unspecified atom stereocenters. The van der Waals surface area contributed by atoms with Crippen LogP contribution in [0.1, 0.15) is 39.0 Å². The summed E-state index contributed by atoms with van der Waals surface area (Å²) in [6.45, 7) is 2.02. The fourth-order valence-electron chi connectivity index (χ4n) is 3.18. The highest BCUT2D eigenvalue weighted by molar-refractivity contribution is 6.31. The van der Waals surface area contributed by atoms with Crippen molar-refractivity contribution in [1.82, 2.24) is 5.32 Å². The average Bonchev–Trinajstić information content (AvgIpc) is 2.62. The van der Waals surface area contributed by atoms with E-state index in [1.54, 1.807) is 18.2 Å². The first-order valence-electron chi connectivity index (χ1n) is 9.16. The Labute approximate surface area is 160 Å². The smallest absolute Gasteiger partial charge is 0.279 e. The van der Waals surface area contributed by atoms with Crippen molar-refractivity contribution in [2.45, 2.75) is 51.1 Å². The van der Waals surface area contributed by atoms with Gasteiger partial charge in [0.2, 0.25) is 0 Å². The van der Waals surface area contributed by atoms with Crippen LogP contribution in [0, 0.1) is 0 Å². The van der Waals surface area contributed by atoms with E-state index in [4.69, 9.17) is 16.3 Å². The molecule has 1 fully saturated rings. The van der Waals surface area contributed by atoms with Gasteiger partial charge in [-0.15, -0.1) is 0 Å². The first kappa shape index (κ1) is 20.5. The molecule has 0 aromatic heterocycles. The molecule has 3 N–H and O–H groups in total. The Balaban J connectivity index is 1.87. The van der Waals surface area contributed by atoms with E-state index in [2.05, 4.69) is 10.6 Å². The summed E-state index contributed by atoms with van der Waals surface area (Å²) in [5.74, 6) is 0.353. The van der Waals surface area contributed by atoms with Gasteiger partial charge in [0.25, 0.3) is 11.8 Å². The van der Waals surface area contributed by atoms with E-state index in [1.807, 2.05) is 14.0 Å². The number of benzene rings is 1. The standard InChI is InChI=1S/C19H28ClN3O3/c1-13(19(25)21-15-7-5-4-6-8-15)23(2)12-18(24)22-16-11-14(20)9-10-17(16)26-3/h9-11,13,15H,4-8,12H2,1-3H3,(H,21,25)(H,22,24)/p+1/t13-/m1/s1. The number of nitrogens with one attached hydrogen (secondary N) is 3. The Kier molecular flexibility index (Phi) is 7.72. The number of amides is 2. The van der Waals surface area contributed by atoms with Gasteiger partial charge in [0.15, 0.2) is 12.6 Å². The van der Waals surface area contributed by atoms with Crippen LogP contribution in [0.4, 0.5) is 5.69 Å². The Morgan fingerprint density at radius 3 is 2.65 bits per heavy atom. The Bertz CT molecular complexity index is 632. The van der Waals surface area contributed by atoms with Crippen molar-refractivity contribution in [2.24, 2.45) is 0 Å². The van der Waals surface area contributed by atoms with Gasteiger partial charge in [-0.25, -0.2) is 0 Å². The second kappa shape index (κ2) is 9.78. The highest BCUT2D eigenvalue weighted by Crippen LogP contribution is 2.27. The van der Waals surface area contributed by atoms with Gasteiger partial charge in [-0.1, -0.05) is 30.9 Å². The minimum atomic E-state index is -0.302. The number of halogens is 1. The Hall–Kier alpha value is -1.79. The van der Waals surface area contributed by atoms with Crippen molar-refractivity contribution in [2.75, 3.05) is 26.0 Å². The predicted octanol–water partition coefficient (Wildman–Crippen LogP) is 1.64. The van der Waals surface area contributed by atoms with E-state index in [1.165, 1.54) is 26.4 Å². The number of carbonyl (C=O) groups is 2. The summed E-state index contributed by atoms with van der Waals surface area (Å²) in [5, 5.41) is 6.44. The fourth-order valence-corrected chi connectivity index (χ4v) is 3.35. The fraction of sp³-hybridized carbons (Fsp3) is 0.579. The van der Waals surface area contributed by atoms with Crippen LogP contribution in [0.2, 0.25) is 5.02 Å². The number of quaternary nitrogens is 1. The zero-order valence-corrected chi connectivity index (χ0v) is 16.5. The zero-order valence-electron chi connectivity index (χ0n) is 15.7. The average molecular weight is 383 g/mol. The molecule has 0 heterocycles. The van der Waals surface area contributed by atoms with Gasteiger partial charge in [0, 0.05) is 11.1 Å². The van der Waals surface area contributed by atoms with Gasteiger partial charge in [-0.3, -0.25) is 9.59 Å². The second-order valence-electron chi connectivity index (χ2n) is 6.98. The van der Waals surface area contributed by atoms with Gasteiger partial charge >= 0.3 is 0 Å². The van der Waals surface area contributed by atoms with E-state index in [9.17, 15) is 9.59 Å². The number of ether oxygens (including phenoxy) is 1. The van der Waals surface area contributed by atoms with Gasteiger partial charge < -0.3 is 20.3 Å². The van der Waals surface area contributed by atoms with Crippen LogP contribution < -0.4 is 20.3 Å². The second-order valence-corrected chi connectivity index (χ2v) is 7.42. The molecule has 0 spiro atoms. The predicted molar refractivity (Wildman–Crippen MR) is 103 cm³/mol. The van der Waals surface area contributed by atoms with Crippen LogP contribution in [-0.4, -0.2) is 44.6 Å². The zero-order chi connectivity index (χ0) is 19.1. The summed E-state index contributed by atoms with van der Waals surface area (Å²) in [7, 11) is 3.38. The molecule has 1 saturated carbocycles. The minimum Gasteiger partial charge on any atom is -0.495 e. The SMILES string of the molecule is COc1ccc(Cl)cc1NC(=O)C[NH+](C)[C@H](C)C(=O)NC1CCCCC1. The van der Waals surface area contributed by atoms with Crippen LogP contribution in [-0.2, 0) is 9.59 Å². The van der Waals surface area contributed by atoms with Crippen molar-refractivity contribution in [3.63, 3.8) is 0 Å². The maximum Gasteiger partial charge on any atom is 0.279 e. The minimum absolute atomic E-state index is 0.00235. The molecule has 26 heavy (non-hydrogen) atoms. The first-order valence-corrected chi connectivity index (χ1v) is 9.54. The van der Waals surface area contributed by atoms with E-state index in [0.717, 1.165) is 17.7 Å². The van der Waals surface area contributed by atoms with Crippen molar-refractivity contribution in [1.29, 1.82) is 0 Å². The Morgan fingerprint density at radius 1 is 1.31 bits per heavy atom. The number of hydrogen-bond acceptors (Lipinski definition) is 3. The molecule has 0 aliphatic heterocycles. The quantitative estimate of drug-likeness (QED) is 0.671. The van der Waals surface area contributed by atoms with Crippen molar-refractivity contribution < 1.29 is 19.2 Å². The highest BCUT2D eigenvalue weighted by atomic mass is 35.5. The molecule has 7 heteroatoms. The first-order chi connectivity index (χ1) is 12.4. The van der Waals surface area contributed by atoms with Gasteiger partial charge in [-0.2, -0.15) is 0 Å². The van der Waals surface area contributed by atoms with Crippen molar-refractivity contribution in [3.8, 4) is 5.75 Å². The van der Waals surface area contributed by atoms with E-state index < -0.39 is 0 Å². The van der Waals surface area contributed by atoms with Crippen LogP contribution in [0.5, 0.6) is 5.75 Å². The molecular formula is C19H29ClN3O3+. The molecule has 1 aliphatic rings. The molecule has 2 rings (SSSR count). The molecule has 0 bridgehead atoms. The third-order valence-corrected chi connectivity index (χ3v) is 5.19. The summed E-state index contributed by atoms with van der Waals surface area (Å²) in [5.41, 5.74) is 0.525. The monoisotopic (exact) mass is 382 g/mol. The molecule has 144 valence electrons. The molecule has 0 radical (unpaired) electrons. The molecule has 2 amide bonds. The summed E-state index contributed by atoms with van der Waals surface area (Å²) >= 11 is 5.98. The molecule has 1 aliphatic carbocycles. The van der Waals surface area contributed by atoms with E-state index in [-0.39, 0.29) is 30.4 Å². The van der Waals surface area contributed by atoms with Crippen LogP contribution in [0.25, 0.3) is 0 Å². The normalized spacial score (nSPS) is 17.2. The summed E-state index contributed by atoms with van der Waals surface area (Å²) < 4.78 is 5.23. The molecule has 1 aromatic carbocycles. The molecular weight excluding hydrogens is 354 g/mol. The summed E-state index contributed by atoms with van der Waals surface area (Å²) in [4.78, 5) is 25.6.